The highest BCUT2D eigenvalue weighted by molar-refractivity contribution is 7.12. The van der Waals surface area contributed by atoms with E-state index in [0.29, 0.717) is 19.7 Å². The fourth-order valence-electron chi connectivity index (χ4n) is 4.40. The molecule has 1 aromatic heterocycles. The Kier molecular flexibility index (Phi) is 6.55. The van der Waals surface area contributed by atoms with Crippen molar-refractivity contribution in [2.45, 2.75) is 19.8 Å². The van der Waals surface area contributed by atoms with Crippen LogP contribution in [0.3, 0.4) is 0 Å². The summed E-state index contributed by atoms with van der Waals surface area (Å²) in [6.45, 7) is 7.10. The summed E-state index contributed by atoms with van der Waals surface area (Å²) in [6.07, 6.45) is 1.64. The molecular formula is C20H31N3O3S. The highest BCUT2D eigenvalue weighted by Gasteiger charge is 2.54. The first-order valence-electron chi connectivity index (χ1n) is 9.83. The normalized spacial score (nSPS) is 26.1. The van der Waals surface area contributed by atoms with Crippen LogP contribution >= 0.6 is 11.3 Å². The molecule has 3 rings (SSSR count). The van der Waals surface area contributed by atoms with Crippen LogP contribution < -0.4 is 0 Å². The molecule has 0 unspecified atom stereocenters. The Balaban J connectivity index is 1.79. The summed E-state index contributed by atoms with van der Waals surface area (Å²) < 4.78 is 5.51. The Labute approximate surface area is 166 Å². The van der Waals surface area contributed by atoms with Crippen LogP contribution in [-0.4, -0.2) is 86.5 Å². The average molecular weight is 394 g/mol. The lowest BCUT2D eigenvalue weighted by molar-refractivity contribution is -0.157. The minimum Gasteiger partial charge on any atom is -0.466 e. The Hall–Kier alpha value is -1.44. The molecule has 2 aliphatic heterocycles. The quantitative estimate of drug-likeness (QED) is 0.692. The Bertz CT molecular complexity index is 649. The molecule has 0 bridgehead atoms. The summed E-state index contributed by atoms with van der Waals surface area (Å²) in [5.41, 5.74) is -0.479. The van der Waals surface area contributed by atoms with Crippen molar-refractivity contribution in [3.8, 4) is 0 Å². The second-order valence-electron chi connectivity index (χ2n) is 7.94. The largest absolute Gasteiger partial charge is 0.466 e. The number of likely N-dealkylation sites (N-methyl/N-ethyl adjacent to an activating group) is 1. The highest BCUT2D eigenvalue weighted by Crippen LogP contribution is 2.44. The number of hydrogen-bond acceptors (Lipinski definition) is 6. The lowest BCUT2D eigenvalue weighted by Gasteiger charge is -2.31. The third-order valence-corrected chi connectivity index (χ3v) is 6.68. The van der Waals surface area contributed by atoms with Gasteiger partial charge in [-0.05, 0) is 45.3 Å². The fraction of sp³-hybridized carbons (Fsp3) is 0.700. The van der Waals surface area contributed by atoms with Gasteiger partial charge in [0.25, 0.3) is 5.91 Å². The topological polar surface area (TPSA) is 53.1 Å². The van der Waals surface area contributed by atoms with Crippen LogP contribution in [0, 0.1) is 11.3 Å². The Morgan fingerprint density at radius 1 is 1.37 bits per heavy atom. The number of rotatable bonds is 6. The molecule has 1 amide bonds. The summed E-state index contributed by atoms with van der Waals surface area (Å²) in [5.74, 6) is 0.148. The maximum atomic E-state index is 13.0. The van der Waals surface area contributed by atoms with E-state index >= 15 is 0 Å². The van der Waals surface area contributed by atoms with Crippen molar-refractivity contribution in [2.75, 3.05) is 60.0 Å². The first-order chi connectivity index (χ1) is 13.0. The molecule has 0 N–H and O–H groups in total. The molecule has 0 saturated carbocycles. The standard InChI is InChI=1S/C20H31N3O3S/c1-4-26-19(25)20-8-6-9-23(18(24)17-7-5-12-27-17)14-16(20)13-22(15-20)11-10-21(2)3/h5,7,12,16H,4,6,8-11,13-15H2,1-3H3/t16-,20+/m1/s1. The van der Waals surface area contributed by atoms with Gasteiger partial charge in [-0.25, -0.2) is 0 Å². The van der Waals surface area contributed by atoms with Gasteiger partial charge in [0, 0.05) is 45.2 Å². The third-order valence-electron chi connectivity index (χ3n) is 5.82. The molecule has 0 spiro atoms. The second-order valence-corrected chi connectivity index (χ2v) is 8.89. The van der Waals surface area contributed by atoms with E-state index in [1.165, 1.54) is 11.3 Å². The molecule has 6 nitrogen and oxygen atoms in total. The van der Waals surface area contributed by atoms with Crippen molar-refractivity contribution in [2.24, 2.45) is 11.3 Å². The van der Waals surface area contributed by atoms with Crippen molar-refractivity contribution in [3.63, 3.8) is 0 Å². The first-order valence-corrected chi connectivity index (χ1v) is 10.7. The van der Waals surface area contributed by atoms with Crippen LogP contribution in [-0.2, 0) is 9.53 Å². The van der Waals surface area contributed by atoms with E-state index in [9.17, 15) is 9.59 Å². The first kappa shape index (κ1) is 20.3. The molecule has 2 aliphatic rings. The molecule has 2 saturated heterocycles. The van der Waals surface area contributed by atoms with Crippen molar-refractivity contribution in [3.05, 3.63) is 22.4 Å². The van der Waals surface area contributed by atoms with Crippen molar-refractivity contribution in [1.29, 1.82) is 0 Å². The number of carbonyl (C=O) groups excluding carboxylic acids is 2. The molecule has 27 heavy (non-hydrogen) atoms. The van der Waals surface area contributed by atoms with Gasteiger partial charge in [-0.15, -0.1) is 11.3 Å². The number of amides is 1. The molecular weight excluding hydrogens is 362 g/mol. The molecule has 0 aliphatic carbocycles. The van der Waals surface area contributed by atoms with Crippen LogP contribution in [0.25, 0.3) is 0 Å². The second kappa shape index (κ2) is 8.71. The molecule has 1 aromatic rings. The number of hydrogen-bond donors (Lipinski definition) is 0. The number of carbonyl (C=O) groups is 2. The van der Waals surface area contributed by atoms with Gasteiger partial charge in [0.15, 0.2) is 0 Å². The number of thiophene rings is 1. The lowest BCUT2D eigenvalue weighted by Crippen LogP contribution is -2.43. The zero-order valence-electron chi connectivity index (χ0n) is 16.6. The molecule has 2 fully saturated rings. The van der Waals surface area contributed by atoms with E-state index in [2.05, 4.69) is 23.9 Å². The van der Waals surface area contributed by atoms with Crippen LogP contribution in [0.4, 0.5) is 0 Å². The number of esters is 1. The van der Waals surface area contributed by atoms with E-state index < -0.39 is 5.41 Å². The minimum atomic E-state index is -0.479. The zero-order valence-corrected chi connectivity index (χ0v) is 17.5. The van der Waals surface area contributed by atoms with Crippen LogP contribution in [0.2, 0.25) is 0 Å². The van der Waals surface area contributed by atoms with E-state index in [1.54, 1.807) is 0 Å². The predicted octanol–water partition coefficient (Wildman–Crippen LogP) is 2.03. The summed E-state index contributed by atoms with van der Waals surface area (Å²) >= 11 is 1.48. The number of likely N-dealkylation sites (tertiary alicyclic amines) is 2. The number of fused-ring (bicyclic) bond motifs is 1. The maximum Gasteiger partial charge on any atom is 0.313 e. The van der Waals surface area contributed by atoms with Crippen molar-refractivity contribution < 1.29 is 14.3 Å². The highest BCUT2D eigenvalue weighted by atomic mass is 32.1. The molecule has 0 aromatic carbocycles. The molecule has 7 heteroatoms. The fourth-order valence-corrected chi connectivity index (χ4v) is 5.09. The lowest BCUT2D eigenvalue weighted by atomic mass is 9.75. The molecule has 3 heterocycles. The monoisotopic (exact) mass is 393 g/mol. The predicted molar refractivity (Wildman–Crippen MR) is 107 cm³/mol. The number of ether oxygens (including phenoxy) is 1. The van der Waals surface area contributed by atoms with Gasteiger partial charge in [-0.3, -0.25) is 9.59 Å². The minimum absolute atomic E-state index is 0.0761. The SMILES string of the molecule is CCOC(=O)[C@]12CCCN(C(=O)c3cccs3)C[C@H]1CN(CCN(C)C)C2. The van der Waals surface area contributed by atoms with Gasteiger partial charge in [-0.1, -0.05) is 6.07 Å². The van der Waals surface area contributed by atoms with E-state index in [1.807, 2.05) is 29.3 Å². The van der Waals surface area contributed by atoms with E-state index in [4.69, 9.17) is 4.74 Å². The summed E-state index contributed by atoms with van der Waals surface area (Å²) in [6, 6.07) is 3.80. The number of nitrogens with zero attached hydrogens (tertiary/aromatic N) is 3. The van der Waals surface area contributed by atoms with Crippen LogP contribution in [0.5, 0.6) is 0 Å². The van der Waals surface area contributed by atoms with Crippen LogP contribution in [0.15, 0.2) is 17.5 Å². The average Bonchev–Trinajstić information content (AvgIpc) is 3.24. The Morgan fingerprint density at radius 2 is 2.19 bits per heavy atom. The van der Waals surface area contributed by atoms with E-state index in [0.717, 1.165) is 43.9 Å². The molecule has 150 valence electrons. The van der Waals surface area contributed by atoms with E-state index in [-0.39, 0.29) is 17.8 Å². The van der Waals surface area contributed by atoms with Crippen LogP contribution in [0.1, 0.15) is 29.4 Å². The van der Waals surface area contributed by atoms with Gasteiger partial charge in [0.2, 0.25) is 0 Å². The van der Waals surface area contributed by atoms with Crippen molar-refractivity contribution >= 4 is 23.2 Å². The summed E-state index contributed by atoms with van der Waals surface area (Å²) in [4.78, 5) is 33.2. The zero-order chi connectivity index (χ0) is 19.4. The molecule has 2 atom stereocenters. The van der Waals surface area contributed by atoms with Gasteiger partial charge >= 0.3 is 5.97 Å². The molecule has 0 radical (unpaired) electrons. The van der Waals surface area contributed by atoms with Gasteiger partial charge in [0.1, 0.15) is 0 Å². The smallest absolute Gasteiger partial charge is 0.313 e. The Morgan fingerprint density at radius 3 is 2.85 bits per heavy atom. The van der Waals surface area contributed by atoms with Gasteiger partial charge in [-0.2, -0.15) is 0 Å². The van der Waals surface area contributed by atoms with Gasteiger partial charge < -0.3 is 19.4 Å². The third kappa shape index (κ3) is 4.36. The summed E-state index contributed by atoms with van der Waals surface area (Å²) in [7, 11) is 4.13. The van der Waals surface area contributed by atoms with Crippen molar-refractivity contribution in [1.82, 2.24) is 14.7 Å². The van der Waals surface area contributed by atoms with Gasteiger partial charge in [0.05, 0.1) is 16.9 Å². The summed E-state index contributed by atoms with van der Waals surface area (Å²) in [5, 5.41) is 1.94. The maximum absolute atomic E-state index is 13.0.